The van der Waals surface area contributed by atoms with E-state index in [1.165, 1.54) is 6.07 Å². The quantitative estimate of drug-likeness (QED) is 0.780. The Hall–Kier alpha value is -2.37. The molecule has 0 bridgehead atoms. The molecule has 0 atom stereocenters. The number of imidazole rings is 1. The average molecular weight is 273 g/mol. The van der Waals surface area contributed by atoms with Gasteiger partial charge in [0.25, 0.3) is 0 Å². The minimum Gasteiger partial charge on any atom is -0.369 e. The van der Waals surface area contributed by atoms with Crippen LogP contribution in [0.15, 0.2) is 18.2 Å². The van der Waals surface area contributed by atoms with E-state index in [1.54, 1.807) is 15.3 Å². The summed E-state index contributed by atoms with van der Waals surface area (Å²) in [4.78, 5) is 4.31. The van der Waals surface area contributed by atoms with Gasteiger partial charge in [-0.15, -0.1) is 0 Å². The van der Waals surface area contributed by atoms with Crippen LogP contribution in [0.3, 0.4) is 0 Å². The lowest BCUT2D eigenvalue weighted by molar-refractivity contribution is 0.614. The number of aromatic nitrogens is 4. The van der Waals surface area contributed by atoms with Crippen molar-refractivity contribution in [2.24, 2.45) is 0 Å². The topological polar surface area (TPSA) is 61.7 Å². The van der Waals surface area contributed by atoms with E-state index in [9.17, 15) is 4.39 Å². The highest BCUT2D eigenvalue weighted by molar-refractivity contribution is 5.80. The van der Waals surface area contributed by atoms with E-state index in [1.807, 2.05) is 26.8 Å². The molecule has 0 saturated heterocycles. The zero-order valence-electron chi connectivity index (χ0n) is 11.7. The summed E-state index contributed by atoms with van der Waals surface area (Å²) in [6.07, 6.45) is 0. The summed E-state index contributed by atoms with van der Waals surface area (Å²) in [5, 5.41) is 4.40. The summed E-state index contributed by atoms with van der Waals surface area (Å²) in [6.45, 7) is 6.37. The molecule has 0 saturated carbocycles. The Morgan fingerprint density at radius 2 is 2.05 bits per heavy atom. The van der Waals surface area contributed by atoms with Gasteiger partial charge < -0.3 is 5.73 Å². The minimum atomic E-state index is -0.322. The molecule has 0 unspecified atom stereocenters. The smallest absolute Gasteiger partial charge is 0.207 e. The molecule has 0 radical (unpaired) electrons. The van der Waals surface area contributed by atoms with Crippen LogP contribution in [-0.4, -0.2) is 19.3 Å². The number of fused-ring (bicyclic) bond motifs is 1. The third-order valence-corrected chi connectivity index (χ3v) is 3.38. The Morgan fingerprint density at radius 1 is 1.30 bits per heavy atom. The van der Waals surface area contributed by atoms with Crippen molar-refractivity contribution in [3.63, 3.8) is 0 Å². The van der Waals surface area contributed by atoms with E-state index < -0.39 is 0 Å². The number of aryl methyl sites for hydroxylation is 3. The Bertz CT molecular complexity index is 800. The molecule has 104 valence electrons. The molecule has 3 rings (SSSR count). The van der Waals surface area contributed by atoms with Gasteiger partial charge in [0.15, 0.2) is 5.65 Å². The van der Waals surface area contributed by atoms with Crippen molar-refractivity contribution in [2.75, 3.05) is 5.73 Å². The Kier molecular flexibility index (Phi) is 2.74. The second-order valence-corrected chi connectivity index (χ2v) is 4.83. The predicted molar refractivity (Wildman–Crippen MR) is 76.4 cm³/mol. The summed E-state index contributed by atoms with van der Waals surface area (Å²) < 4.78 is 17.6. The van der Waals surface area contributed by atoms with Crippen molar-refractivity contribution in [2.45, 2.75) is 27.3 Å². The summed E-state index contributed by atoms with van der Waals surface area (Å²) >= 11 is 0. The molecule has 0 spiro atoms. The van der Waals surface area contributed by atoms with Crippen molar-refractivity contribution < 1.29 is 4.39 Å². The molecule has 5 nitrogen and oxygen atoms in total. The van der Waals surface area contributed by atoms with Crippen molar-refractivity contribution in [1.29, 1.82) is 0 Å². The van der Waals surface area contributed by atoms with Crippen LogP contribution in [0.2, 0.25) is 0 Å². The second-order valence-electron chi connectivity index (χ2n) is 4.83. The molecule has 3 aromatic rings. The number of nitrogen functional groups attached to an aromatic ring is 1. The molecule has 2 heterocycles. The highest BCUT2D eigenvalue weighted by atomic mass is 19.1. The molecular weight excluding hydrogens is 257 g/mol. The number of halogens is 1. The maximum absolute atomic E-state index is 14.2. The van der Waals surface area contributed by atoms with Gasteiger partial charge in [0.1, 0.15) is 11.3 Å². The van der Waals surface area contributed by atoms with Crippen LogP contribution in [-0.2, 0) is 6.54 Å². The second kappa shape index (κ2) is 4.33. The first kappa shape index (κ1) is 12.7. The fourth-order valence-corrected chi connectivity index (χ4v) is 2.44. The Labute approximate surface area is 115 Å². The van der Waals surface area contributed by atoms with Gasteiger partial charge in [-0.2, -0.15) is 5.10 Å². The third-order valence-electron chi connectivity index (χ3n) is 3.38. The summed E-state index contributed by atoms with van der Waals surface area (Å²) in [6, 6.07) is 5.05. The first-order valence-corrected chi connectivity index (χ1v) is 6.50. The fourth-order valence-electron chi connectivity index (χ4n) is 2.44. The van der Waals surface area contributed by atoms with Gasteiger partial charge in [-0.05, 0) is 38.5 Å². The molecule has 0 aliphatic carbocycles. The summed E-state index contributed by atoms with van der Waals surface area (Å²) in [7, 11) is 0. The van der Waals surface area contributed by atoms with Crippen molar-refractivity contribution in [1.82, 2.24) is 19.3 Å². The van der Waals surface area contributed by atoms with Crippen molar-refractivity contribution >= 4 is 17.1 Å². The molecule has 2 N–H and O–H groups in total. The molecule has 0 fully saturated rings. The van der Waals surface area contributed by atoms with Crippen LogP contribution in [0.4, 0.5) is 10.3 Å². The third kappa shape index (κ3) is 1.68. The average Bonchev–Trinajstić information content (AvgIpc) is 2.88. The van der Waals surface area contributed by atoms with E-state index in [4.69, 9.17) is 5.73 Å². The van der Waals surface area contributed by atoms with Crippen LogP contribution < -0.4 is 5.73 Å². The zero-order chi connectivity index (χ0) is 14.4. The van der Waals surface area contributed by atoms with E-state index in [0.717, 1.165) is 16.9 Å². The molecule has 2 aromatic heterocycles. The molecular formula is C14H16FN5. The van der Waals surface area contributed by atoms with Gasteiger partial charge >= 0.3 is 0 Å². The molecule has 20 heavy (non-hydrogen) atoms. The number of rotatable bonds is 2. The molecule has 0 amide bonds. The zero-order valence-corrected chi connectivity index (χ0v) is 11.7. The summed E-state index contributed by atoms with van der Waals surface area (Å²) in [5.74, 6) is -0.0528. The van der Waals surface area contributed by atoms with Gasteiger partial charge in [-0.25, -0.2) is 14.1 Å². The van der Waals surface area contributed by atoms with Crippen LogP contribution >= 0.6 is 0 Å². The van der Waals surface area contributed by atoms with Gasteiger partial charge in [0, 0.05) is 6.54 Å². The van der Waals surface area contributed by atoms with E-state index in [2.05, 4.69) is 10.1 Å². The monoisotopic (exact) mass is 273 g/mol. The highest BCUT2D eigenvalue weighted by Crippen LogP contribution is 2.27. The number of hydrogen-bond donors (Lipinski definition) is 1. The fraction of sp³-hybridized carbons (Fsp3) is 0.286. The first-order valence-electron chi connectivity index (χ1n) is 6.50. The van der Waals surface area contributed by atoms with Gasteiger partial charge in [-0.3, -0.25) is 4.57 Å². The lowest BCUT2D eigenvalue weighted by Crippen LogP contribution is -2.08. The van der Waals surface area contributed by atoms with E-state index in [-0.39, 0.29) is 11.8 Å². The standard InChI is InChI=1S/C14H16FN5/c1-4-19-13-12(9(3)18-19)17-14(16)20(13)11-6-5-8(2)7-10(11)15/h5-7H,4H2,1-3H3,(H2,16,17). The summed E-state index contributed by atoms with van der Waals surface area (Å²) in [5.41, 5.74) is 9.46. The Balaban J connectivity index is 2.38. The van der Waals surface area contributed by atoms with E-state index in [0.29, 0.717) is 17.7 Å². The largest absolute Gasteiger partial charge is 0.369 e. The van der Waals surface area contributed by atoms with Crippen molar-refractivity contribution in [3.8, 4) is 5.69 Å². The van der Waals surface area contributed by atoms with Crippen molar-refractivity contribution in [3.05, 3.63) is 35.3 Å². The van der Waals surface area contributed by atoms with Crippen LogP contribution in [0.25, 0.3) is 16.9 Å². The molecule has 1 aromatic carbocycles. The molecule has 0 aliphatic rings. The maximum atomic E-state index is 14.2. The van der Waals surface area contributed by atoms with Crippen LogP contribution in [0.5, 0.6) is 0 Å². The number of nitrogens with zero attached hydrogens (tertiary/aromatic N) is 4. The Morgan fingerprint density at radius 3 is 2.70 bits per heavy atom. The molecule has 0 aliphatic heterocycles. The lowest BCUT2D eigenvalue weighted by Gasteiger charge is -2.09. The number of anilines is 1. The van der Waals surface area contributed by atoms with Gasteiger partial charge in [-0.1, -0.05) is 6.07 Å². The lowest BCUT2D eigenvalue weighted by atomic mass is 10.2. The minimum absolute atomic E-state index is 0.269. The first-order chi connectivity index (χ1) is 9.52. The molecule has 6 heteroatoms. The normalized spacial score (nSPS) is 11.4. The highest BCUT2D eigenvalue weighted by Gasteiger charge is 2.19. The number of benzene rings is 1. The van der Waals surface area contributed by atoms with Gasteiger partial charge in [0.2, 0.25) is 5.95 Å². The predicted octanol–water partition coefficient (Wildman–Crippen LogP) is 2.58. The number of hydrogen-bond acceptors (Lipinski definition) is 3. The van der Waals surface area contributed by atoms with E-state index >= 15 is 0 Å². The maximum Gasteiger partial charge on any atom is 0.207 e. The van der Waals surface area contributed by atoms with Gasteiger partial charge in [0.05, 0.1) is 11.4 Å². The number of nitrogens with two attached hydrogens (primary N) is 1. The SMILES string of the molecule is CCn1nc(C)c2nc(N)n(-c3ccc(C)cc3F)c21. The van der Waals surface area contributed by atoms with Crippen LogP contribution in [0.1, 0.15) is 18.2 Å². The van der Waals surface area contributed by atoms with Crippen LogP contribution in [0, 0.1) is 19.7 Å².